The first-order valence-electron chi connectivity index (χ1n) is 5.70. The van der Waals surface area contributed by atoms with Crippen molar-refractivity contribution in [3.05, 3.63) is 18.0 Å². The molecule has 16 heavy (non-hydrogen) atoms. The first kappa shape index (κ1) is 11.1. The number of nitrogens with zero attached hydrogens (tertiary/aromatic N) is 2. The van der Waals surface area contributed by atoms with E-state index in [4.69, 9.17) is 5.73 Å². The summed E-state index contributed by atoms with van der Waals surface area (Å²) < 4.78 is 0. The van der Waals surface area contributed by atoms with Gasteiger partial charge in [-0.2, -0.15) is 5.10 Å². The van der Waals surface area contributed by atoms with Crippen LogP contribution in [0.15, 0.2) is 12.3 Å². The van der Waals surface area contributed by atoms with Crippen molar-refractivity contribution in [2.75, 3.05) is 7.05 Å². The molecule has 1 aliphatic carbocycles. The Kier molecular flexibility index (Phi) is 3.24. The molecule has 0 aromatic carbocycles. The number of aromatic nitrogens is 2. The van der Waals surface area contributed by atoms with Gasteiger partial charge in [0.2, 0.25) is 0 Å². The highest BCUT2D eigenvalue weighted by Crippen LogP contribution is 2.22. The maximum atomic E-state index is 12.0. The van der Waals surface area contributed by atoms with E-state index in [2.05, 4.69) is 10.2 Å². The van der Waals surface area contributed by atoms with Crippen LogP contribution in [0.1, 0.15) is 36.2 Å². The quantitative estimate of drug-likeness (QED) is 0.775. The molecule has 3 N–H and O–H groups in total. The molecule has 0 saturated heterocycles. The van der Waals surface area contributed by atoms with E-state index in [0.717, 1.165) is 25.7 Å². The number of nitrogens with one attached hydrogen (secondary N) is 1. The fraction of sp³-hybridized carbons (Fsp3) is 0.636. The highest BCUT2D eigenvalue weighted by Gasteiger charge is 2.25. The predicted molar refractivity (Wildman–Crippen MR) is 60.9 cm³/mol. The molecule has 1 aliphatic rings. The minimum absolute atomic E-state index is 0.0120. The molecule has 0 atom stereocenters. The molecule has 0 unspecified atom stereocenters. The minimum atomic E-state index is 0.0120. The number of hydrogen-bond acceptors (Lipinski definition) is 3. The first-order chi connectivity index (χ1) is 7.68. The highest BCUT2D eigenvalue weighted by atomic mass is 16.2. The first-order valence-corrected chi connectivity index (χ1v) is 5.70. The number of carbonyl (C=O) groups is 1. The van der Waals surface area contributed by atoms with Crippen LogP contribution in [0, 0.1) is 0 Å². The third kappa shape index (κ3) is 2.24. The second kappa shape index (κ2) is 4.65. The van der Waals surface area contributed by atoms with E-state index >= 15 is 0 Å². The van der Waals surface area contributed by atoms with Gasteiger partial charge in [0.1, 0.15) is 5.69 Å². The van der Waals surface area contributed by atoms with Gasteiger partial charge < -0.3 is 10.6 Å². The van der Waals surface area contributed by atoms with Gasteiger partial charge in [-0.3, -0.25) is 9.89 Å². The van der Waals surface area contributed by atoms with Gasteiger partial charge in [-0.15, -0.1) is 0 Å². The van der Waals surface area contributed by atoms with Crippen molar-refractivity contribution in [1.82, 2.24) is 15.1 Å². The summed E-state index contributed by atoms with van der Waals surface area (Å²) in [5, 5.41) is 6.49. The third-order valence-corrected chi connectivity index (χ3v) is 3.34. The molecule has 0 bridgehead atoms. The molecule has 0 aliphatic heterocycles. The van der Waals surface area contributed by atoms with Crippen LogP contribution in [-0.2, 0) is 0 Å². The van der Waals surface area contributed by atoms with Crippen LogP contribution in [0.5, 0.6) is 0 Å². The van der Waals surface area contributed by atoms with Gasteiger partial charge in [0.05, 0.1) is 0 Å². The Bertz CT molecular complexity index is 341. The summed E-state index contributed by atoms with van der Waals surface area (Å²) in [7, 11) is 1.85. The van der Waals surface area contributed by atoms with Crippen LogP contribution in [0.3, 0.4) is 0 Å². The molecule has 5 heteroatoms. The zero-order chi connectivity index (χ0) is 11.5. The second-order valence-corrected chi connectivity index (χ2v) is 4.45. The van der Waals surface area contributed by atoms with Crippen LogP contribution >= 0.6 is 0 Å². The molecule has 5 nitrogen and oxygen atoms in total. The molecule has 1 heterocycles. The van der Waals surface area contributed by atoms with Crippen LogP contribution in [-0.4, -0.2) is 40.1 Å². The van der Waals surface area contributed by atoms with Crippen molar-refractivity contribution in [1.29, 1.82) is 0 Å². The average Bonchev–Trinajstić information content (AvgIpc) is 2.81. The van der Waals surface area contributed by atoms with Crippen molar-refractivity contribution in [3.8, 4) is 0 Å². The topological polar surface area (TPSA) is 75.0 Å². The molecular weight excluding hydrogens is 204 g/mol. The molecule has 1 amide bonds. The van der Waals surface area contributed by atoms with Crippen LogP contribution in [0.25, 0.3) is 0 Å². The SMILES string of the molecule is CN(C(=O)c1ccn[nH]1)C1CCC(N)CC1. The number of rotatable bonds is 2. The number of nitrogens with two attached hydrogens (primary N) is 1. The molecule has 0 spiro atoms. The van der Waals surface area contributed by atoms with Crippen molar-refractivity contribution in [3.63, 3.8) is 0 Å². The summed E-state index contributed by atoms with van der Waals surface area (Å²) >= 11 is 0. The van der Waals surface area contributed by atoms with Crippen molar-refractivity contribution in [2.45, 2.75) is 37.8 Å². The number of H-pyrrole nitrogens is 1. The van der Waals surface area contributed by atoms with Gasteiger partial charge in [-0.1, -0.05) is 0 Å². The zero-order valence-corrected chi connectivity index (χ0v) is 9.52. The fourth-order valence-electron chi connectivity index (χ4n) is 2.22. The van der Waals surface area contributed by atoms with Gasteiger partial charge in [0, 0.05) is 25.3 Å². The van der Waals surface area contributed by atoms with Gasteiger partial charge in [-0.25, -0.2) is 0 Å². The van der Waals surface area contributed by atoms with E-state index in [9.17, 15) is 4.79 Å². The molecule has 1 saturated carbocycles. The Morgan fingerprint density at radius 2 is 2.19 bits per heavy atom. The molecule has 1 aromatic heterocycles. The predicted octanol–water partition coefficient (Wildman–Crippen LogP) is 0.752. The Morgan fingerprint density at radius 3 is 2.75 bits per heavy atom. The maximum Gasteiger partial charge on any atom is 0.271 e. The van der Waals surface area contributed by atoms with E-state index in [-0.39, 0.29) is 5.91 Å². The number of hydrogen-bond donors (Lipinski definition) is 2. The van der Waals surface area contributed by atoms with Gasteiger partial charge in [0.15, 0.2) is 0 Å². The summed E-state index contributed by atoms with van der Waals surface area (Å²) in [4.78, 5) is 13.8. The number of aromatic amines is 1. The summed E-state index contributed by atoms with van der Waals surface area (Å²) in [5.74, 6) is 0.0120. The lowest BCUT2D eigenvalue weighted by molar-refractivity contribution is 0.0684. The normalized spacial score (nSPS) is 25.4. The fourth-order valence-corrected chi connectivity index (χ4v) is 2.22. The maximum absolute atomic E-state index is 12.0. The third-order valence-electron chi connectivity index (χ3n) is 3.34. The standard InChI is InChI=1S/C11H18N4O/c1-15(9-4-2-8(12)3-5-9)11(16)10-6-7-13-14-10/h6-9H,2-5,12H2,1H3,(H,13,14). The van der Waals surface area contributed by atoms with E-state index in [1.165, 1.54) is 0 Å². The van der Waals surface area contributed by atoms with Crippen LogP contribution in [0.4, 0.5) is 0 Å². The van der Waals surface area contributed by atoms with Crippen LogP contribution < -0.4 is 5.73 Å². The Labute approximate surface area is 95.0 Å². The van der Waals surface area contributed by atoms with Gasteiger partial charge in [-0.05, 0) is 31.7 Å². The largest absolute Gasteiger partial charge is 0.337 e. The molecule has 2 rings (SSSR count). The second-order valence-electron chi connectivity index (χ2n) is 4.45. The molecule has 1 fully saturated rings. The van der Waals surface area contributed by atoms with Crippen LogP contribution in [0.2, 0.25) is 0 Å². The molecule has 88 valence electrons. The molecule has 0 radical (unpaired) electrons. The lowest BCUT2D eigenvalue weighted by Gasteiger charge is -2.33. The molecule has 1 aromatic rings. The van der Waals surface area contributed by atoms with Gasteiger partial charge >= 0.3 is 0 Å². The van der Waals surface area contributed by atoms with Crippen molar-refractivity contribution < 1.29 is 4.79 Å². The Hall–Kier alpha value is -1.36. The highest BCUT2D eigenvalue weighted by molar-refractivity contribution is 5.92. The summed E-state index contributed by atoms with van der Waals surface area (Å²) in [6.07, 6.45) is 5.60. The number of amides is 1. The lowest BCUT2D eigenvalue weighted by Crippen LogP contribution is -2.42. The smallest absolute Gasteiger partial charge is 0.271 e. The van der Waals surface area contributed by atoms with E-state index in [1.807, 2.05) is 7.05 Å². The zero-order valence-electron chi connectivity index (χ0n) is 9.52. The van der Waals surface area contributed by atoms with Crippen molar-refractivity contribution in [2.24, 2.45) is 5.73 Å². The molecular formula is C11H18N4O. The minimum Gasteiger partial charge on any atom is -0.337 e. The van der Waals surface area contributed by atoms with E-state index < -0.39 is 0 Å². The van der Waals surface area contributed by atoms with Crippen molar-refractivity contribution >= 4 is 5.91 Å². The van der Waals surface area contributed by atoms with Gasteiger partial charge in [0.25, 0.3) is 5.91 Å². The average molecular weight is 222 g/mol. The van der Waals surface area contributed by atoms with E-state index in [1.54, 1.807) is 17.2 Å². The summed E-state index contributed by atoms with van der Waals surface area (Å²) in [5.41, 5.74) is 6.40. The number of carbonyl (C=O) groups excluding carboxylic acids is 1. The van der Waals surface area contributed by atoms with E-state index in [0.29, 0.717) is 17.8 Å². The Morgan fingerprint density at radius 1 is 1.50 bits per heavy atom. The lowest BCUT2D eigenvalue weighted by atomic mass is 9.91. The summed E-state index contributed by atoms with van der Waals surface area (Å²) in [6, 6.07) is 2.33. The Balaban J connectivity index is 1.97. The summed E-state index contributed by atoms with van der Waals surface area (Å²) in [6.45, 7) is 0. The monoisotopic (exact) mass is 222 g/mol.